The van der Waals surface area contributed by atoms with E-state index in [1.807, 2.05) is 6.92 Å². The van der Waals surface area contributed by atoms with Gasteiger partial charge in [-0.05, 0) is 63.4 Å². The van der Waals surface area contributed by atoms with Crippen LogP contribution in [0.4, 0.5) is 5.69 Å². The number of anilines is 1. The van der Waals surface area contributed by atoms with Crippen LogP contribution in [0.1, 0.15) is 43.5 Å². The molecule has 0 aromatic heterocycles. The van der Waals surface area contributed by atoms with Gasteiger partial charge in [0.2, 0.25) is 0 Å². The molecule has 0 aliphatic carbocycles. The highest BCUT2D eigenvalue weighted by molar-refractivity contribution is 5.96. The van der Waals surface area contributed by atoms with Gasteiger partial charge in [-0.3, -0.25) is 9.59 Å². The number of esters is 1. The van der Waals surface area contributed by atoms with Crippen molar-refractivity contribution in [3.63, 3.8) is 0 Å². The Kier molecular flexibility index (Phi) is 9.77. The van der Waals surface area contributed by atoms with E-state index in [1.54, 1.807) is 42.2 Å². The van der Waals surface area contributed by atoms with E-state index in [4.69, 9.17) is 18.9 Å². The Morgan fingerprint density at radius 2 is 1.54 bits per heavy atom. The molecule has 2 aromatic rings. The van der Waals surface area contributed by atoms with E-state index >= 15 is 0 Å². The van der Waals surface area contributed by atoms with Gasteiger partial charge in [0.25, 0.3) is 11.8 Å². The second kappa shape index (κ2) is 13.2. The third-order valence-corrected chi connectivity index (χ3v) is 5.33. The Morgan fingerprint density at radius 3 is 2.29 bits per heavy atom. The number of likely N-dealkylation sites (tertiary alicyclic amines) is 1. The molecular weight excluding hydrogens is 452 g/mol. The molecule has 188 valence electrons. The second-order valence-electron chi connectivity index (χ2n) is 7.88. The van der Waals surface area contributed by atoms with E-state index in [0.29, 0.717) is 36.1 Å². The zero-order valence-electron chi connectivity index (χ0n) is 20.2. The molecule has 3 rings (SSSR count). The number of carbonyl (C=O) groups excluding carboxylic acids is 3. The molecule has 1 aliphatic rings. The van der Waals surface area contributed by atoms with Gasteiger partial charge in [0.1, 0.15) is 5.75 Å². The molecule has 0 unspecified atom stereocenters. The van der Waals surface area contributed by atoms with Crippen molar-refractivity contribution in [2.45, 2.75) is 33.1 Å². The first-order valence-electron chi connectivity index (χ1n) is 11.9. The van der Waals surface area contributed by atoms with Crippen LogP contribution < -0.4 is 19.5 Å². The number of amides is 2. The summed E-state index contributed by atoms with van der Waals surface area (Å²) in [7, 11) is 0. The molecule has 0 radical (unpaired) electrons. The molecule has 1 saturated heterocycles. The Balaban J connectivity index is 1.56. The molecule has 1 N–H and O–H groups in total. The van der Waals surface area contributed by atoms with Crippen molar-refractivity contribution in [1.82, 2.24) is 4.90 Å². The molecular formula is C26H32N2O7. The maximum absolute atomic E-state index is 12.5. The van der Waals surface area contributed by atoms with Crippen LogP contribution in [0.5, 0.6) is 17.2 Å². The van der Waals surface area contributed by atoms with Crippen LogP contribution in [0.25, 0.3) is 0 Å². The first kappa shape index (κ1) is 25.9. The summed E-state index contributed by atoms with van der Waals surface area (Å²) in [5.74, 6) is -0.0395. The van der Waals surface area contributed by atoms with Crippen LogP contribution in [0.2, 0.25) is 0 Å². The van der Waals surface area contributed by atoms with Crippen molar-refractivity contribution >= 4 is 23.5 Å². The van der Waals surface area contributed by atoms with E-state index in [1.165, 1.54) is 12.1 Å². The number of rotatable bonds is 11. The first-order valence-corrected chi connectivity index (χ1v) is 11.9. The number of carbonyl (C=O) groups is 3. The number of hydrogen-bond donors (Lipinski definition) is 1. The van der Waals surface area contributed by atoms with Crippen LogP contribution >= 0.6 is 0 Å². The zero-order chi connectivity index (χ0) is 25.0. The van der Waals surface area contributed by atoms with Gasteiger partial charge in [0.05, 0.1) is 24.5 Å². The second-order valence-corrected chi connectivity index (χ2v) is 7.88. The van der Waals surface area contributed by atoms with E-state index in [0.717, 1.165) is 32.4 Å². The van der Waals surface area contributed by atoms with Gasteiger partial charge >= 0.3 is 5.97 Å². The number of piperidine rings is 1. The fourth-order valence-corrected chi connectivity index (χ4v) is 3.65. The van der Waals surface area contributed by atoms with E-state index in [-0.39, 0.29) is 18.1 Å². The van der Waals surface area contributed by atoms with E-state index < -0.39 is 18.5 Å². The summed E-state index contributed by atoms with van der Waals surface area (Å²) in [4.78, 5) is 39.0. The average Bonchev–Trinajstić information content (AvgIpc) is 2.88. The predicted octanol–water partition coefficient (Wildman–Crippen LogP) is 3.67. The third-order valence-electron chi connectivity index (χ3n) is 5.33. The SMILES string of the molecule is CCOc1ccccc1NC(=O)COC(=O)c1ccc(OCC(=O)N2CCCCC2)c(OCC)c1. The van der Waals surface area contributed by atoms with Gasteiger partial charge in [0, 0.05) is 13.1 Å². The van der Waals surface area contributed by atoms with Crippen LogP contribution in [-0.2, 0) is 14.3 Å². The monoisotopic (exact) mass is 484 g/mol. The van der Waals surface area contributed by atoms with Crippen LogP contribution in [0.15, 0.2) is 42.5 Å². The van der Waals surface area contributed by atoms with Crippen molar-refractivity contribution in [3.05, 3.63) is 48.0 Å². The predicted molar refractivity (Wildman–Crippen MR) is 130 cm³/mol. The van der Waals surface area contributed by atoms with Gasteiger partial charge in [-0.15, -0.1) is 0 Å². The molecule has 0 atom stereocenters. The molecule has 1 heterocycles. The minimum absolute atomic E-state index is 0.0763. The molecule has 1 aliphatic heterocycles. The fourth-order valence-electron chi connectivity index (χ4n) is 3.65. The molecule has 9 nitrogen and oxygen atoms in total. The Bertz CT molecular complexity index is 1020. The minimum atomic E-state index is -0.685. The largest absolute Gasteiger partial charge is 0.492 e. The molecule has 35 heavy (non-hydrogen) atoms. The summed E-state index contributed by atoms with van der Waals surface area (Å²) >= 11 is 0. The summed E-state index contributed by atoms with van der Waals surface area (Å²) in [5.41, 5.74) is 0.695. The van der Waals surface area contributed by atoms with E-state index in [2.05, 4.69) is 5.32 Å². The van der Waals surface area contributed by atoms with E-state index in [9.17, 15) is 14.4 Å². The highest BCUT2D eigenvalue weighted by atomic mass is 16.5. The summed E-state index contributed by atoms with van der Waals surface area (Å²) in [6.07, 6.45) is 3.15. The highest BCUT2D eigenvalue weighted by Crippen LogP contribution is 2.29. The fraction of sp³-hybridized carbons (Fsp3) is 0.423. The number of nitrogens with zero attached hydrogens (tertiary/aromatic N) is 1. The minimum Gasteiger partial charge on any atom is -0.492 e. The summed E-state index contributed by atoms with van der Waals surface area (Å²) in [6.45, 7) is 5.37. The molecule has 0 saturated carbocycles. The summed E-state index contributed by atoms with van der Waals surface area (Å²) in [6, 6.07) is 11.6. The topological polar surface area (TPSA) is 103 Å². The quantitative estimate of drug-likeness (QED) is 0.486. The van der Waals surface area contributed by atoms with Gasteiger partial charge in [-0.1, -0.05) is 12.1 Å². The van der Waals surface area contributed by atoms with Crippen LogP contribution in [0, 0.1) is 0 Å². The Labute approximate surface area is 205 Å². The normalized spacial score (nSPS) is 13.0. The molecule has 2 amide bonds. The lowest BCUT2D eigenvalue weighted by Gasteiger charge is -2.26. The van der Waals surface area contributed by atoms with Crippen LogP contribution in [0.3, 0.4) is 0 Å². The number of nitrogens with one attached hydrogen (secondary N) is 1. The van der Waals surface area contributed by atoms with Crippen molar-refractivity contribution in [1.29, 1.82) is 0 Å². The lowest BCUT2D eigenvalue weighted by molar-refractivity contribution is -0.134. The van der Waals surface area contributed by atoms with Gasteiger partial charge in [-0.25, -0.2) is 4.79 Å². The maximum Gasteiger partial charge on any atom is 0.338 e. The summed E-state index contributed by atoms with van der Waals surface area (Å²) in [5, 5.41) is 2.68. The summed E-state index contributed by atoms with van der Waals surface area (Å²) < 4.78 is 21.9. The smallest absolute Gasteiger partial charge is 0.338 e. The van der Waals surface area contributed by atoms with Crippen molar-refractivity contribution in [3.8, 4) is 17.2 Å². The standard InChI is InChI=1S/C26H32N2O7/c1-3-32-21-11-7-6-10-20(21)27-24(29)17-35-26(31)19-12-13-22(23(16-19)33-4-2)34-18-25(30)28-14-8-5-9-15-28/h6-7,10-13,16H,3-5,8-9,14-15,17-18H2,1-2H3,(H,27,29). The lowest BCUT2D eigenvalue weighted by atomic mass is 10.1. The van der Waals surface area contributed by atoms with Crippen molar-refractivity contribution < 1.29 is 33.3 Å². The first-order chi connectivity index (χ1) is 17.0. The number of ether oxygens (including phenoxy) is 4. The van der Waals surface area contributed by atoms with Gasteiger partial charge in [0.15, 0.2) is 24.7 Å². The van der Waals surface area contributed by atoms with Crippen molar-refractivity contribution in [2.75, 3.05) is 44.8 Å². The van der Waals surface area contributed by atoms with Gasteiger partial charge < -0.3 is 29.2 Å². The van der Waals surface area contributed by atoms with Crippen LogP contribution in [-0.4, -0.2) is 62.2 Å². The Hall–Kier alpha value is -3.75. The molecule has 0 spiro atoms. The average molecular weight is 485 g/mol. The number of benzene rings is 2. The van der Waals surface area contributed by atoms with Crippen molar-refractivity contribution in [2.24, 2.45) is 0 Å². The maximum atomic E-state index is 12.5. The molecule has 9 heteroatoms. The molecule has 1 fully saturated rings. The highest BCUT2D eigenvalue weighted by Gasteiger charge is 2.19. The molecule has 0 bridgehead atoms. The zero-order valence-corrected chi connectivity index (χ0v) is 20.2. The third kappa shape index (κ3) is 7.63. The Morgan fingerprint density at radius 1 is 0.829 bits per heavy atom. The number of hydrogen-bond acceptors (Lipinski definition) is 7. The lowest BCUT2D eigenvalue weighted by Crippen LogP contribution is -2.38. The number of para-hydroxylation sites is 2. The molecule has 2 aromatic carbocycles. The van der Waals surface area contributed by atoms with Gasteiger partial charge in [-0.2, -0.15) is 0 Å².